The molecule has 0 spiro atoms. The van der Waals surface area contributed by atoms with Gasteiger partial charge in [-0.3, -0.25) is 19.2 Å². The van der Waals surface area contributed by atoms with Crippen LogP contribution in [0.2, 0.25) is 0 Å². The summed E-state index contributed by atoms with van der Waals surface area (Å²) in [6, 6.07) is -0.554. The van der Waals surface area contributed by atoms with Gasteiger partial charge in [0.1, 0.15) is 12.1 Å². The maximum absolute atomic E-state index is 12.8. The number of hydrogen-bond donors (Lipinski definition) is 4. The summed E-state index contributed by atoms with van der Waals surface area (Å²) in [4.78, 5) is 75.7. The summed E-state index contributed by atoms with van der Waals surface area (Å²) in [6.45, 7) is 0.163. The van der Waals surface area contributed by atoms with Crippen LogP contribution >= 0.6 is 11.8 Å². The van der Waals surface area contributed by atoms with Crippen molar-refractivity contribution < 1.29 is 43.4 Å². The van der Waals surface area contributed by atoms with Gasteiger partial charge in [-0.05, 0) is 31.4 Å². The minimum Gasteiger partial charge on any atom is -0.480 e. The predicted octanol–water partition coefficient (Wildman–Crippen LogP) is -0.623. The number of furan rings is 1. The van der Waals surface area contributed by atoms with Gasteiger partial charge in [0.25, 0.3) is 5.91 Å². The van der Waals surface area contributed by atoms with Gasteiger partial charge >= 0.3 is 11.9 Å². The molecule has 1 aliphatic carbocycles. The number of carbonyl (C=O) groups is 6. The van der Waals surface area contributed by atoms with E-state index in [2.05, 4.69) is 10.6 Å². The molecule has 3 fully saturated rings. The van der Waals surface area contributed by atoms with E-state index in [4.69, 9.17) is 4.42 Å². The molecular formula is C23H28N4O9S. The van der Waals surface area contributed by atoms with Gasteiger partial charge in [0.15, 0.2) is 5.76 Å². The number of carboxylic acids is 2. The molecule has 2 saturated heterocycles. The molecule has 4 atom stereocenters. The summed E-state index contributed by atoms with van der Waals surface area (Å²) in [5.41, 5.74) is 0. The number of aliphatic carboxylic acids is 2. The molecule has 4 N–H and O–H groups in total. The van der Waals surface area contributed by atoms with Crippen LogP contribution in [0.15, 0.2) is 22.8 Å². The lowest BCUT2D eigenvalue weighted by Crippen LogP contribution is -2.51. The van der Waals surface area contributed by atoms with Crippen molar-refractivity contribution in [2.75, 3.05) is 24.6 Å². The van der Waals surface area contributed by atoms with E-state index in [1.165, 1.54) is 17.2 Å². The fraction of sp³-hybridized carbons (Fsp3) is 0.565. The average molecular weight is 537 g/mol. The van der Waals surface area contributed by atoms with Crippen molar-refractivity contribution in [3.8, 4) is 0 Å². The van der Waals surface area contributed by atoms with Gasteiger partial charge in [0.05, 0.1) is 23.8 Å². The Morgan fingerprint density at radius 1 is 0.973 bits per heavy atom. The summed E-state index contributed by atoms with van der Waals surface area (Å²) in [5.74, 6) is -4.49. The minimum atomic E-state index is -1.21. The van der Waals surface area contributed by atoms with Crippen LogP contribution in [0.5, 0.6) is 0 Å². The lowest BCUT2D eigenvalue weighted by molar-refractivity contribution is -0.148. The number of rotatable bonds is 10. The third-order valence-corrected chi connectivity index (χ3v) is 7.59. The first-order valence-electron chi connectivity index (χ1n) is 11.9. The highest BCUT2D eigenvalue weighted by molar-refractivity contribution is 8.00. The SMILES string of the molecule is O=C(NC1CC(C(=O)O)N(C(=O)CSCC(=O)N2CCC(NC(=O)C3CC3)C2C(=O)O)C1)c1ccco1. The second kappa shape index (κ2) is 11.2. The fourth-order valence-electron chi connectivity index (χ4n) is 4.68. The number of likely N-dealkylation sites (tertiary alicyclic amines) is 2. The standard InChI is InChI=1S/C23H28N4O9S/c28-17(26-6-5-14(19(26)23(34)35)25-20(30)12-3-4-12)10-37-11-18(29)27-9-13(8-15(27)22(32)33)24-21(31)16-2-1-7-36-16/h1-2,7,12-15,19H,3-6,8-11H2,(H,24,31)(H,25,30)(H,32,33)(H,34,35). The first-order valence-corrected chi connectivity index (χ1v) is 13.1. The molecule has 14 heteroatoms. The van der Waals surface area contributed by atoms with E-state index in [0.717, 1.165) is 29.5 Å². The second-order valence-corrected chi connectivity index (χ2v) is 10.3. The van der Waals surface area contributed by atoms with E-state index in [9.17, 15) is 39.0 Å². The molecule has 3 heterocycles. The van der Waals surface area contributed by atoms with Gasteiger partial charge in [-0.25, -0.2) is 9.59 Å². The van der Waals surface area contributed by atoms with E-state index < -0.39 is 53.8 Å². The largest absolute Gasteiger partial charge is 0.480 e. The molecular weight excluding hydrogens is 508 g/mol. The molecule has 0 bridgehead atoms. The average Bonchev–Trinajstić information content (AvgIpc) is 3.23. The van der Waals surface area contributed by atoms with Crippen molar-refractivity contribution in [3.63, 3.8) is 0 Å². The van der Waals surface area contributed by atoms with Crippen molar-refractivity contribution in [2.45, 2.75) is 49.9 Å². The topological polar surface area (TPSA) is 187 Å². The van der Waals surface area contributed by atoms with E-state index >= 15 is 0 Å². The molecule has 1 saturated carbocycles. The number of nitrogens with zero attached hydrogens (tertiary/aromatic N) is 2. The minimum absolute atomic E-state index is 0.00760. The van der Waals surface area contributed by atoms with E-state index in [1.54, 1.807) is 6.07 Å². The Bertz CT molecular complexity index is 1070. The number of amides is 4. The Morgan fingerprint density at radius 3 is 2.27 bits per heavy atom. The van der Waals surface area contributed by atoms with Crippen LogP contribution in [0, 0.1) is 5.92 Å². The summed E-state index contributed by atoms with van der Waals surface area (Å²) < 4.78 is 5.03. The van der Waals surface area contributed by atoms with Crippen LogP contribution in [0.25, 0.3) is 0 Å². The van der Waals surface area contributed by atoms with Crippen molar-refractivity contribution in [2.24, 2.45) is 5.92 Å². The van der Waals surface area contributed by atoms with E-state index in [-0.39, 0.29) is 48.6 Å². The molecule has 13 nitrogen and oxygen atoms in total. The van der Waals surface area contributed by atoms with Crippen LogP contribution in [0.1, 0.15) is 36.2 Å². The summed E-state index contributed by atoms with van der Waals surface area (Å²) >= 11 is 0.956. The first kappa shape index (κ1) is 26.5. The maximum Gasteiger partial charge on any atom is 0.328 e. The Morgan fingerprint density at radius 2 is 1.68 bits per heavy atom. The second-order valence-electron chi connectivity index (χ2n) is 9.32. The number of nitrogens with one attached hydrogen (secondary N) is 2. The van der Waals surface area contributed by atoms with Gasteiger partial charge in [-0.2, -0.15) is 0 Å². The Kier molecular flexibility index (Phi) is 8.05. The molecule has 37 heavy (non-hydrogen) atoms. The highest BCUT2D eigenvalue weighted by Crippen LogP contribution is 2.30. The van der Waals surface area contributed by atoms with Crippen LogP contribution in [0.3, 0.4) is 0 Å². The van der Waals surface area contributed by atoms with Crippen LogP contribution < -0.4 is 10.6 Å². The molecule has 0 radical (unpaired) electrons. The van der Waals surface area contributed by atoms with Gasteiger partial charge < -0.3 is 35.1 Å². The lowest BCUT2D eigenvalue weighted by atomic mass is 10.1. The van der Waals surface area contributed by atoms with E-state index in [0.29, 0.717) is 6.42 Å². The molecule has 4 rings (SSSR count). The van der Waals surface area contributed by atoms with Crippen molar-refractivity contribution in [3.05, 3.63) is 24.2 Å². The van der Waals surface area contributed by atoms with Crippen molar-refractivity contribution in [1.82, 2.24) is 20.4 Å². The number of carboxylic acid groups (broad SMARTS) is 2. The third kappa shape index (κ3) is 6.24. The zero-order valence-electron chi connectivity index (χ0n) is 19.8. The fourth-order valence-corrected chi connectivity index (χ4v) is 5.46. The normalized spacial score (nSPS) is 25.1. The zero-order valence-corrected chi connectivity index (χ0v) is 20.6. The van der Waals surface area contributed by atoms with Gasteiger partial charge in [-0.15, -0.1) is 11.8 Å². The summed E-state index contributed by atoms with van der Waals surface area (Å²) in [6.07, 6.45) is 3.24. The van der Waals surface area contributed by atoms with Crippen molar-refractivity contribution in [1.29, 1.82) is 0 Å². The van der Waals surface area contributed by atoms with Gasteiger partial charge in [-0.1, -0.05) is 0 Å². The molecule has 2 aliphatic heterocycles. The van der Waals surface area contributed by atoms with Crippen LogP contribution in [-0.2, 0) is 24.0 Å². The molecule has 200 valence electrons. The Labute approximate surface area is 215 Å². The highest BCUT2D eigenvalue weighted by atomic mass is 32.2. The van der Waals surface area contributed by atoms with Crippen LogP contribution in [0.4, 0.5) is 0 Å². The first-order chi connectivity index (χ1) is 17.7. The number of carbonyl (C=O) groups excluding carboxylic acids is 4. The quantitative estimate of drug-likeness (QED) is 0.300. The smallest absolute Gasteiger partial charge is 0.328 e. The van der Waals surface area contributed by atoms with Crippen molar-refractivity contribution >= 4 is 47.3 Å². The molecule has 4 amide bonds. The Hall–Kier alpha value is -3.55. The highest BCUT2D eigenvalue weighted by Gasteiger charge is 2.44. The zero-order chi connectivity index (χ0) is 26.7. The monoisotopic (exact) mass is 536 g/mol. The predicted molar refractivity (Wildman–Crippen MR) is 127 cm³/mol. The lowest BCUT2D eigenvalue weighted by Gasteiger charge is -2.25. The molecule has 3 aliphatic rings. The third-order valence-electron chi connectivity index (χ3n) is 6.68. The number of hydrogen-bond acceptors (Lipinski definition) is 8. The molecule has 0 aromatic carbocycles. The maximum atomic E-state index is 12.8. The summed E-state index contributed by atoms with van der Waals surface area (Å²) in [7, 11) is 0. The van der Waals surface area contributed by atoms with Gasteiger partial charge in [0, 0.05) is 31.5 Å². The summed E-state index contributed by atoms with van der Waals surface area (Å²) in [5, 5.41) is 24.6. The Balaban J connectivity index is 1.27. The number of thioether (sulfide) groups is 1. The molecule has 1 aromatic rings. The van der Waals surface area contributed by atoms with Crippen LogP contribution in [-0.4, -0.2) is 104 Å². The van der Waals surface area contributed by atoms with Gasteiger partial charge in [0.2, 0.25) is 17.7 Å². The van der Waals surface area contributed by atoms with E-state index in [1.807, 2.05) is 0 Å². The molecule has 4 unspecified atom stereocenters. The molecule has 1 aromatic heterocycles.